The Labute approximate surface area is 175 Å². The van der Waals surface area contributed by atoms with Gasteiger partial charge in [0.2, 0.25) is 5.82 Å². The fourth-order valence-corrected chi connectivity index (χ4v) is 4.91. The number of aromatic nitrogens is 5. The summed E-state index contributed by atoms with van der Waals surface area (Å²) in [4.78, 5) is 5.21. The lowest BCUT2D eigenvalue weighted by molar-refractivity contribution is 0.0136. The number of ether oxygens (including phenoxy) is 1. The molecule has 29 heavy (non-hydrogen) atoms. The quantitative estimate of drug-likeness (QED) is 0.624. The minimum absolute atomic E-state index is 0.454. The average molecular weight is 410 g/mol. The van der Waals surface area contributed by atoms with Crippen LogP contribution in [0.4, 0.5) is 0 Å². The maximum Gasteiger partial charge on any atom is 0.207 e. The maximum atomic E-state index is 6.39. The fourth-order valence-electron chi connectivity index (χ4n) is 4.72. The highest BCUT2D eigenvalue weighted by Crippen LogP contribution is 2.46. The lowest BCUT2D eigenvalue weighted by Crippen LogP contribution is -2.25. The van der Waals surface area contributed by atoms with Gasteiger partial charge in [0.05, 0.1) is 11.3 Å². The predicted octanol–water partition coefficient (Wildman–Crippen LogP) is 4.88. The van der Waals surface area contributed by atoms with Crippen molar-refractivity contribution in [1.29, 1.82) is 0 Å². The zero-order valence-corrected chi connectivity index (χ0v) is 17.3. The highest BCUT2D eigenvalue weighted by atomic mass is 35.5. The number of nitrogens with zero attached hydrogens (tertiary/aromatic N) is 4. The third-order valence-electron chi connectivity index (χ3n) is 6.13. The summed E-state index contributed by atoms with van der Waals surface area (Å²) in [6, 6.07) is 8.03. The number of nitrogens with one attached hydrogen (secondary N) is 1. The molecule has 3 aromatic rings. The first-order chi connectivity index (χ1) is 14.2. The van der Waals surface area contributed by atoms with Gasteiger partial charge in [-0.2, -0.15) is 5.21 Å². The van der Waals surface area contributed by atoms with E-state index in [9.17, 15) is 0 Å². The van der Waals surface area contributed by atoms with Gasteiger partial charge in [-0.1, -0.05) is 30.2 Å². The molecule has 1 atom stereocenters. The molecule has 0 saturated carbocycles. The molecule has 0 bridgehead atoms. The lowest BCUT2D eigenvalue weighted by atomic mass is 9.84. The Hall–Kier alpha value is -2.31. The van der Waals surface area contributed by atoms with Crippen molar-refractivity contribution in [1.82, 2.24) is 25.6 Å². The Morgan fingerprint density at radius 1 is 1.10 bits per heavy atom. The molecule has 7 heteroatoms. The van der Waals surface area contributed by atoms with Crippen LogP contribution in [0.2, 0.25) is 5.02 Å². The molecular formula is C22H24ClN5O. The zero-order chi connectivity index (χ0) is 19.8. The number of tetrazole rings is 1. The molecule has 2 aromatic heterocycles. The van der Waals surface area contributed by atoms with Crippen molar-refractivity contribution >= 4 is 11.6 Å². The van der Waals surface area contributed by atoms with E-state index < -0.39 is 5.60 Å². The van der Waals surface area contributed by atoms with Crippen LogP contribution in [0.25, 0.3) is 22.5 Å². The van der Waals surface area contributed by atoms with Gasteiger partial charge in [-0.05, 0) is 79.5 Å². The van der Waals surface area contributed by atoms with Crippen molar-refractivity contribution in [2.24, 2.45) is 0 Å². The number of halogens is 1. The Balaban J connectivity index is 1.87. The zero-order valence-electron chi connectivity index (χ0n) is 16.5. The van der Waals surface area contributed by atoms with Crippen LogP contribution in [0.1, 0.15) is 56.0 Å². The van der Waals surface area contributed by atoms with E-state index in [1.54, 1.807) is 0 Å². The number of hydrogen-bond donors (Lipinski definition) is 1. The first-order valence-electron chi connectivity index (χ1n) is 10.4. The van der Waals surface area contributed by atoms with E-state index in [4.69, 9.17) is 21.3 Å². The van der Waals surface area contributed by atoms with Crippen molar-refractivity contribution in [3.63, 3.8) is 0 Å². The summed E-state index contributed by atoms with van der Waals surface area (Å²) in [6.07, 6.45) is 7.46. The lowest BCUT2D eigenvalue weighted by Gasteiger charge is -2.28. The Kier molecular flexibility index (Phi) is 4.84. The molecule has 0 spiro atoms. The van der Waals surface area contributed by atoms with Crippen LogP contribution in [0.5, 0.6) is 0 Å². The molecule has 1 aliphatic heterocycles. The van der Waals surface area contributed by atoms with Gasteiger partial charge in [0.1, 0.15) is 5.60 Å². The molecule has 1 fully saturated rings. The monoisotopic (exact) mass is 409 g/mol. The van der Waals surface area contributed by atoms with E-state index in [1.807, 2.05) is 18.2 Å². The third kappa shape index (κ3) is 3.34. The second kappa shape index (κ2) is 7.50. The standard InChI is InChI=1S/C22H24ClN5O/c1-22(11-6-12-29-22)20-19(21-25-27-28-26-21)18(14-7-5-8-15(23)13-14)16-9-3-2-4-10-17(16)24-20/h5,7-8,13H,2-4,6,9-12H2,1H3,(H,25,26,27,28)/t22-/m0/s1. The Morgan fingerprint density at radius 3 is 2.76 bits per heavy atom. The molecule has 0 unspecified atom stereocenters. The Bertz CT molecular complexity index is 1030. The number of pyridine rings is 1. The molecule has 2 aliphatic rings. The average Bonchev–Trinajstić information content (AvgIpc) is 3.35. The normalized spacial score (nSPS) is 21.7. The van der Waals surface area contributed by atoms with Crippen molar-refractivity contribution in [3.8, 4) is 22.5 Å². The summed E-state index contributed by atoms with van der Waals surface area (Å²) >= 11 is 6.39. The largest absolute Gasteiger partial charge is 0.369 e. The smallest absolute Gasteiger partial charge is 0.207 e. The molecule has 6 nitrogen and oxygen atoms in total. The highest BCUT2D eigenvalue weighted by Gasteiger charge is 2.39. The minimum Gasteiger partial charge on any atom is -0.369 e. The van der Waals surface area contributed by atoms with Crippen molar-refractivity contribution in [3.05, 3.63) is 46.2 Å². The summed E-state index contributed by atoms with van der Waals surface area (Å²) < 4.78 is 6.23. The molecule has 1 N–H and O–H groups in total. The van der Waals surface area contributed by atoms with Crippen LogP contribution >= 0.6 is 11.6 Å². The van der Waals surface area contributed by atoms with Crippen LogP contribution in [-0.4, -0.2) is 32.2 Å². The highest BCUT2D eigenvalue weighted by molar-refractivity contribution is 6.30. The first kappa shape index (κ1) is 18.7. The minimum atomic E-state index is -0.454. The van der Waals surface area contributed by atoms with Crippen LogP contribution in [0.3, 0.4) is 0 Å². The van der Waals surface area contributed by atoms with E-state index in [2.05, 4.69) is 33.6 Å². The van der Waals surface area contributed by atoms with Gasteiger partial charge in [-0.15, -0.1) is 10.2 Å². The van der Waals surface area contributed by atoms with Crippen LogP contribution in [-0.2, 0) is 23.2 Å². The molecule has 1 aliphatic carbocycles. The summed E-state index contributed by atoms with van der Waals surface area (Å²) in [5.41, 5.74) is 6.06. The first-order valence-corrected chi connectivity index (χ1v) is 10.7. The Morgan fingerprint density at radius 2 is 2.00 bits per heavy atom. The maximum absolute atomic E-state index is 6.39. The van der Waals surface area contributed by atoms with E-state index in [0.29, 0.717) is 10.8 Å². The van der Waals surface area contributed by atoms with Gasteiger partial charge in [0.25, 0.3) is 0 Å². The van der Waals surface area contributed by atoms with E-state index >= 15 is 0 Å². The topological polar surface area (TPSA) is 76.6 Å². The van der Waals surface area contributed by atoms with Gasteiger partial charge >= 0.3 is 0 Å². The number of fused-ring (bicyclic) bond motifs is 1. The summed E-state index contributed by atoms with van der Waals surface area (Å²) in [5.74, 6) is 0.561. The molecule has 1 aromatic carbocycles. The van der Waals surface area contributed by atoms with Crippen molar-refractivity contribution in [2.45, 2.75) is 57.5 Å². The van der Waals surface area contributed by atoms with E-state index in [1.165, 1.54) is 17.7 Å². The summed E-state index contributed by atoms with van der Waals surface area (Å²) in [5, 5.41) is 15.9. The number of aromatic amines is 1. The van der Waals surface area contributed by atoms with Gasteiger partial charge in [0, 0.05) is 17.3 Å². The number of rotatable bonds is 3. The second-order valence-electron chi connectivity index (χ2n) is 8.12. The van der Waals surface area contributed by atoms with Gasteiger partial charge in [0.15, 0.2) is 0 Å². The van der Waals surface area contributed by atoms with E-state index in [0.717, 1.165) is 67.5 Å². The molecule has 5 rings (SSSR count). The summed E-state index contributed by atoms with van der Waals surface area (Å²) in [6.45, 7) is 2.88. The van der Waals surface area contributed by atoms with Gasteiger partial charge < -0.3 is 4.74 Å². The van der Waals surface area contributed by atoms with Gasteiger partial charge in [-0.3, -0.25) is 4.98 Å². The number of hydrogen-bond acceptors (Lipinski definition) is 5. The number of benzene rings is 1. The summed E-state index contributed by atoms with van der Waals surface area (Å²) in [7, 11) is 0. The second-order valence-corrected chi connectivity index (χ2v) is 8.56. The van der Waals surface area contributed by atoms with E-state index in [-0.39, 0.29) is 0 Å². The molecule has 0 amide bonds. The molecule has 3 heterocycles. The predicted molar refractivity (Wildman–Crippen MR) is 112 cm³/mol. The third-order valence-corrected chi connectivity index (χ3v) is 6.36. The fraction of sp³-hybridized carbons (Fsp3) is 0.455. The van der Waals surface area contributed by atoms with Crippen molar-refractivity contribution in [2.75, 3.05) is 6.61 Å². The van der Waals surface area contributed by atoms with Crippen molar-refractivity contribution < 1.29 is 4.74 Å². The number of H-pyrrole nitrogens is 1. The molecule has 1 saturated heterocycles. The van der Waals surface area contributed by atoms with Gasteiger partial charge in [-0.25, -0.2) is 0 Å². The molecule has 0 radical (unpaired) electrons. The molecule has 150 valence electrons. The van der Waals surface area contributed by atoms with Crippen LogP contribution < -0.4 is 0 Å². The number of aryl methyl sites for hydroxylation is 1. The van der Waals surface area contributed by atoms with Crippen LogP contribution in [0, 0.1) is 0 Å². The van der Waals surface area contributed by atoms with Crippen LogP contribution in [0.15, 0.2) is 24.3 Å². The SMILES string of the molecule is C[C@@]1(c2nc3c(c(-c4cccc(Cl)c4)c2-c2nn[nH]n2)CCCCC3)CCCO1. The molecular weight excluding hydrogens is 386 g/mol.